The molecule has 2 aromatic carbocycles. The van der Waals surface area contributed by atoms with Gasteiger partial charge in [-0.25, -0.2) is 0 Å². The van der Waals surface area contributed by atoms with Crippen LogP contribution >= 0.6 is 27.5 Å². The number of nitriles is 1. The summed E-state index contributed by atoms with van der Waals surface area (Å²) in [5, 5.41) is 13.5. The lowest BCUT2D eigenvalue weighted by molar-refractivity contribution is 0.106. The van der Waals surface area contributed by atoms with Gasteiger partial charge in [0, 0.05) is 15.1 Å². The van der Waals surface area contributed by atoms with Crippen molar-refractivity contribution in [1.82, 2.24) is 0 Å². The number of Topliss-reactive ketones (excluding diaryl/α,β-unsaturated/α-hetero) is 1. The summed E-state index contributed by atoms with van der Waals surface area (Å²) in [6, 6.07) is 15.3. The molecule has 1 N–H and O–H groups in total. The summed E-state index contributed by atoms with van der Waals surface area (Å²) in [7, 11) is 0. The Kier molecular flexibility index (Phi) is 5.09. The Bertz CT molecular complexity index is 718. The zero-order valence-corrected chi connectivity index (χ0v) is 13.0. The van der Waals surface area contributed by atoms with Crippen LogP contribution in [-0.4, -0.2) is 11.5 Å². The molecule has 0 aliphatic heterocycles. The van der Waals surface area contributed by atoms with Crippen LogP contribution < -0.4 is 5.43 Å². The lowest BCUT2D eigenvalue weighted by Crippen LogP contribution is -2.14. The molecule has 0 aromatic heterocycles. The third kappa shape index (κ3) is 4.15. The Morgan fingerprint density at radius 2 is 1.76 bits per heavy atom. The van der Waals surface area contributed by atoms with Crippen LogP contribution in [0.15, 0.2) is 58.1 Å². The van der Waals surface area contributed by atoms with Gasteiger partial charge in [-0.05, 0) is 48.5 Å². The van der Waals surface area contributed by atoms with E-state index in [2.05, 4.69) is 26.5 Å². The lowest BCUT2D eigenvalue weighted by Gasteiger charge is -2.02. The Balaban J connectivity index is 2.17. The summed E-state index contributed by atoms with van der Waals surface area (Å²) in [5.41, 5.74) is 3.48. The van der Waals surface area contributed by atoms with Crippen LogP contribution in [0.2, 0.25) is 5.02 Å². The predicted molar refractivity (Wildman–Crippen MR) is 86.6 cm³/mol. The average Bonchev–Trinajstić information content (AvgIpc) is 2.50. The lowest BCUT2D eigenvalue weighted by atomic mass is 10.1. The number of hydrogen-bond donors (Lipinski definition) is 1. The first-order valence-electron chi connectivity index (χ1n) is 5.90. The van der Waals surface area contributed by atoms with Gasteiger partial charge in [0.25, 0.3) is 0 Å². The van der Waals surface area contributed by atoms with Crippen LogP contribution in [0, 0.1) is 11.3 Å². The monoisotopic (exact) mass is 361 g/mol. The minimum Gasteiger partial charge on any atom is -0.286 e. The van der Waals surface area contributed by atoms with E-state index < -0.39 is 5.78 Å². The van der Waals surface area contributed by atoms with Crippen molar-refractivity contribution in [3.05, 3.63) is 63.6 Å². The van der Waals surface area contributed by atoms with Gasteiger partial charge in [0.05, 0.1) is 5.69 Å². The second-order valence-electron chi connectivity index (χ2n) is 4.03. The molecule has 0 aliphatic carbocycles. The molecule has 21 heavy (non-hydrogen) atoms. The van der Waals surface area contributed by atoms with Crippen molar-refractivity contribution in [2.75, 3.05) is 5.43 Å². The Labute approximate surface area is 135 Å². The molecule has 0 spiro atoms. The van der Waals surface area contributed by atoms with E-state index in [0.717, 1.165) is 4.47 Å². The van der Waals surface area contributed by atoms with Crippen molar-refractivity contribution in [2.24, 2.45) is 5.10 Å². The first-order chi connectivity index (χ1) is 10.1. The van der Waals surface area contributed by atoms with Crippen LogP contribution in [0.1, 0.15) is 10.4 Å². The molecule has 0 saturated carbocycles. The van der Waals surface area contributed by atoms with Gasteiger partial charge in [-0.1, -0.05) is 27.5 Å². The van der Waals surface area contributed by atoms with E-state index >= 15 is 0 Å². The van der Waals surface area contributed by atoms with E-state index in [9.17, 15) is 4.79 Å². The van der Waals surface area contributed by atoms with Gasteiger partial charge in [-0.2, -0.15) is 10.4 Å². The van der Waals surface area contributed by atoms with E-state index in [1.807, 2.05) is 0 Å². The molecule has 2 rings (SSSR count). The van der Waals surface area contributed by atoms with Crippen LogP contribution in [0.5, 0.6) is 0 Å². The second kappa shape index (κ2) is 7.02. The van der Waals surface area contributed by atoms with Crippen LogP contribution in [-0.2, 0) is 0 Å². The largest absolute Gasteiger partial charge is 0.286 e. The van der Waals surface area contributed by atoms with Crippen molar-refractivity contribution < 1.29 is 4.79 Å². The molecule has 0 bridgehead atoms. The number of benzene rings is 2. The van der Waals surface area contributed by atoms with E-state index in [4.69, 9.17) is 16.9 Å². The summed E-state index contributed by atoms with van der Waals surface area (Å²) in [5.74, 6) is -0.438. The molecular weight excluding hydrogens is 354 g/mol. The third-order valence-corrected chi connectivity index (χ3v) is 3.35. The minimum absolute atomic E-state index is 0.215. The highest BCUT2D eigenvalue weighted by atomic mass is 79.9. The smallest absolute Gasteiger partial charge is 0.223 e. The number of hydrogen-bond acceptors (Lipinski definition) is 4. The first-order valence-corrected chi connectivity index (χ1v) is 7.07. The van der Waals surface area contributed by atoms with Crippen LogP contribution in [0.25, 0.3) is 0 Å². The van der Waals surface area contributed by atoms with Crippen molar-refractivity contribution >= 4 is 44.7 Å². The molecule has 0 fully saturated rings. The number of rotatable bonds is 4. The summed E-state index contributed by atoms with van der Waals surface area (Å²) in [6.45, 7) is 0. The molecule has 2 aromatic rings. The van der Waals surface area contributed by atoms with E-state index in [-0.39, 0.29) is 5.71 Å². The fourth-order valence-corrected chi connectivity index (χ4v) is 1.90. The van der Waals surface area contributed by atoms with Gasteiger partial charge < -0.3 is 0 Å². The highest BCUT2D eigenvalue weighted by Gasteiger charge is 2.13. The van der Waals surface area contributed by atoms with Crippen molar-refractivity contribution in [3.8, 4) is 6.07 Å². The normalized spacial score (nSPS) is 10.8. The number of ketones is 1. The molecule has 0 aliphatic rings. The number of nitrogens with zero attached hydrogens (tertiary/aromatic N) is 2. The molecule has 6 heteroatoms. The summed E-state index contributed by atoms with van der Waals surface area (Å²) in [4.78, 5) is 12.1. The molecule has 0 saturated heterocycles. The van der Waals surface area contributed by atoms with Crippen LogP contribution in [0.4, 0.5) is 5.69 Å². The maximum atomic E-state index is 12.1. The van der Waals surface area contributed by atoms with E-state index in [1.54, 1.807) is 54.6 Å². The maximum Gasteiger partial charge on any atom is 0.223 e. The van der Waals surface area contributed by atoms with Gasteiger partial charge in [0.1, 0.15) is 6.07 Å². The van der Waals surface area contributed by atoms with Gasteiger partial charge >= 0.3 is 0 Å². The molecule has 0 amide bonds. The maximum absolute atomic E-state index is 12.1. The van der Waals surface area contributed by atoms with E-state index in [1.165, 1.54) is 0 Å². The van der Waals surface area contributed by atoms with Crippen molar-refractivity contribution in [3.63, 3.8) is 0 Å². The van der Waals surface area contributed by atoms with Gasteiger partial charge in [0.2, 0.25) is 11.5 Å². The SMILES string of the molecule is N#CC(=NNc1ccc(Cl)cc1)C(=O)c1ccc(Br)cc1. The van der Waals surface area contributed by atoms with Crippen molar-refractivity contribution in [1.29, 1.82) is 5.26 Å². The van der Waals surface area contributed by atoms with Gasteiger partial charge in [-0.15, -0.1) is 0 Å². The third-order valence-electron chi connectivity index (χ3n) is 2.57. The summed E-state index contributed by atoms with van der Waals surface area (Å²) < 4.78 is 0.855. The highest BCUT2D eigenvalue weighted by Crippen LogP contribution is 2.14. The predicted octanol–water partition coefficient (Wildman–Crippen LogP) is 4.28. The molecule has 0 radical (unpaired) electrons. The fourth-order valence-electron chi connectivity index (χ4n) is 1.51. The second-order valence-corrected chi connectivity index (χ2v) is 5.38. The Hall–Kier alpha value is -2.16. The number of carbonyl (C=O) groups excluding carboxylic acids is 1. The number of halogens is 2. The Morgan fingerprint density at radius 3 is 2.33 bits per heavy atom. The fraction of sp³-hybridized carbons (Fsp3) is 0. The quantitative estimate of drug-likeness (QED) is 0.501. The summed E-state index contributed by atoms with van der Waals surface area (Å²) >= 11 is 9.06. The molecule has 4 nitrogen and oxygen atoms in total. The molecule has 0 heterocycles. The standard InChI is InChI=1S/C15H9BrClN3O/c16-11-3-1-10(2-4-11)15(21)14(9-18)20-19-13-7-5-12(17)6-8-13/h1-8,19H. The average molecular weight is 363 g/mol. The number of nitrogens with one attached hydrogen (secondary N) is 1. The minimum atomic E-state index is -0.438. The molecule has 104 valence electrons. The number of hydrazone groups is 1. The topological polar surface area (TPSA) is 65.2 Å². The van der Waals surface area contributed by atoms with Crippen molar-refractivity contribution in [2.45, 2.75) is 0 Å². The van der Waals surface area contributed by atoms with Gasteiger partial charge in [0.15, 0.2) is 0 Å². The molecule has 0 unspecified atom stereocenters. The van der Waals surface area contributed by atoms with E-state index in [0.29, 0.717) is 16.3 Å². The zero-order valence-electron chi connectivity index (χ0n) is 10.7. The number of anilines is 1. The molecular formula is C15H9BrClN3O. The number of carbonyl (C=O) groups is 1. The molecule has 0 atom stereocenters. The summed E-state index contributed by atoms with van der Waals surface area (Å²) in [6.07, 6.45) is 0. The van der Waals surface area contributed by atoms with Gasteiger partial charge in [-0.3, -0.25) is 10.2 Å². The van der Waals surface area contributed by atoms with Crippen LogP contribution in [0.3, 0.4) is 0 Å². The first kappa shape index (κ1) is 15.2. The highest BCUT2D eigenvalue weighted by molar-refractivity contribution is 9.10. The Morgan fingerprint density at radius 1 is 1.14 bits per heavy atom. The zero-order chi connectivity index (χ0) is 15.2.